The number of nitrogens with zero attached hydrogens (tertiary/aromatic N) is 3. The Bertz CT molecular complexity index is 1530. The molecule has 4 rings (SSSR count). The summed E-state index contributed by atoms with van der Waals surface area (Å²) < 4.78 is 11.6. The number of hydrogen-bond acceptors (Lipinski definition) is 7. The van der Waals surface area contributed by atoms with Crippen LogP contribution < -0.4 is 20.1 Å². The summed E-state index contributed by atoms with van der Waals surface area (Å²) >= 11 is 6.58. The van der Waals surface area contributed by atoms with Crippen molar-refractivity contribution in [1.82, 2.24) is 9.97 Å². The average molecular weight is 544 g/mol. The van der Waals surface area contributed by atoms with E-state index in [0.717, 1.165) is 11.3 Å². The highest BCUT2D eigenvalue weighted by atomic mass is 35.5. The first-order chi connectivity index (χ1) is 18.9. The Hall–Kier alpha value is -4.35. The minimum Gasteiger partial charge on any atom is -0.492 e. The van der Waals surface area contributed by atoms with Crippen LogP contribution in [0.1, 0.15) is 56.1 Å². The van der Waals surface area contributed by atoms with Crippen molar-refractivity contribution in [1.29, 1.82) is 5.26 Å². The molecule has 0 aliphatic carbocycles. The number of aryl methyl sites for hydroxylation is 1. The Labute approximate surface area is 233 Å². The Balaban J connectivity index is 1.66. The fourth-order valence-electron chi connectivity index (χ4n) is 4.16. The monoisotopic (exact) mass is 543 g/mol. The van der Waals surface area contributed by atoms with E-state index >= 15 is 0 Å². The number of carbonyl (C=O) groups excluding carboxylic acids is 1. The number of pyridine rings is 2. The summed E-state index contributed by atoms with van der Waals surface area (Å²) in [6, 6.07) is 15.2. The number of halogens is 1. The van der Waals surface area contributed by atoms with Gasteiger partial charge in [0.25, 0.3) is 0 Å². The average Bonchev–Trinajstić information content (AvgIpc) is 2.93. The molecule has 0 fully saturated rings. The molecule has 2 heterocycles. The van der Waals surface area contributed by atoms with Crippen LogP contribution in [-0.2, 0) is 17.8 Å². The molecular formula is C30H30ClN5O3. The van der Waals surface area contributed by atoms with Gasteiger partial charge < -0.3 is 20.1 Å². The molecule has 0 saturated carbocycles. The third-order valence-corrected chi connectivity index (χ3v) is 6.45. The minimum absolute atomic E-state index is 0.333. The molecular weight excluding hydrogens is 514 g/mol. The minimum atomic E-state index is 0.333. The molecule has 39 heavy (non-hydrogen) atoms. The third-order valence-electron chi connectivity index (χ3n) is 6.16. The second-order valence-corrected chi connectivity index (χ2v) is 9.55. The van der Waals surface area contributed by atoms with Crippen LogP contribution in [0.25, 0.3) is 10.9 Å². The number of nitriles is 1. The summed E-state index contributed by atoms with van der Waals surface area (Å²) in [5, 5.41) is 17.1. The van der Waals surface area contributed by atoms with E-state index in [4.69, 9.17) is 26.1 Å². The lowest BCUT2D eigenvalue weighted by Gasteiger charge is -2.17. The van der Waals surface area contributed by atoms with E-state index in [1.54, 1.807) is 24.3 Å². The maximum absolute atomic E-state index is 11.2. The summed E-state index contributed by atoms with van der Waals surface area (Å²) in [4.78, 5) is 20.4. The van der Waals surface area contributed by atoms with Crippen molar-refractivity contribution in [3.05, 3.63) is 76.2 Å². The van der Waals surface area contributed by atoms with Crippen LogP contribution in [0.5, 0.6) is 11.5 Å². The summed E-state index contributed by atoms with van der Waals surface area (Å²) in [6.45, 7) is 8.77. The molecule has 0 aliphatic rings. The fraction of sp³-hybridized carbons (Fsp3) is 0.267. The predicted molar refractivity (Wildman–Crippen MR) is 154 cm³/mol. The summed E-state index contributed by atoms with van der Waals surface area (Å²) in [6.07, 6.45) is 2.96. The van der Waals surface area contributed by atoms with Gasteiger partial charge in [-0.1, -0.05) is 38.4 Å². The van der Waals surface area contributed by atoms with Gasteiger partial charge in [0.1, 0.15) is 24.2 Å². The van der Waals surface area contributed by atoms with Gasteiger partial charge in [-0.2, -0.15) is 5.26 Å². The van der Waals surface area contributed by atoms with Crippen molar-refractivity contribution in [2.45, 2.75) is 46.6 Å². The van der Waals surface area contributed by atoms with E-state index in [0.29, 0.717) is 87.7 Å². The second-order valence-electron chi connectivity index (χ2n) is 9.14. The topological polar surface area (TPSA) is 109 Å². The van der Waals surface area contributed by atoms with Gasteiger partial charge in [-0.15, -0.1) is 0 Å². The number of hydrogen-bond donors (Lipinski definition) is 2. The zero-order valence-corrected chi connectivity index (χ0v) is 23.1. The molecule has 0 saturated heterocycles. The molecule has 4 aromatic rings. The molecule has 0 unspecified atom stereocenters. The lowest BCUT2D eigenvalue weighted by Crippen LogP contribution is -2.05. The zero-order chi connectivity index (χ0) is 27.9. The second kappa shape index (κ2) is 12.5. The quantitative estimate of drug-likeness (QED) is 0.194. The zero-order valence-electron chi connectivity index (χ0n) is 22.3. The van der Waals surface area contributed by atoms with E-state index in [-0.39, 0.29) is 0 Å². The van der Waals surface area contributed by atoms with Gasteiger partial charge >= 0.3 is 0 Å². The first-order valence-corrected chi connectivity index (χ1v) is 13.1. The van der Waals surface area contributed by atoms with E-state index < -0.39 is 0 Å². The third kappa shape index (κ3) is 6.21. The fourth-order valence-corrected chi connectivity index (χ4v) is 4.40. The smallest absolute Gasteiger partial charge is 0.211 e. The van der Waals surface area contributed by atoms with Crippen LogP contribution in [-0.4, -0.2) is 23.0 Å². The highest BCUT2D eigenvalue weighted by Gasteiger charge is 2.18. The van der Waals surface area contributed by atoms with Crippen molar-refractivity contribution in [2.75, 3.05) is 17.2 Å². The van der Waals surface area contributed by atoms with Crippen LogP contribution in [0, 0.1) is 11.3 Å². The number of ether oxygens (including phenoxy) is 2. The van der Waals surface area contributed by atoms with Crippen LogP contribution in [0.3, 0.4) is 0 Å². The number of fused-ring (bicyclic) bond motifs is 1. The predicted octanol–water partition coefficient (Wildman–Crippen LogP) is 7.13. The largest absolute Gasteiger partial charge is 0.492 e. The molecule has 2 N–H and O–H groups in total. The number of aromatic nitrogens is 2. The molecule has 1 amide bonds. The van der Waals surface area contributed by atoms with Gasteiger partial charge in [0.2, 0.25) is 6.41 Å². The number of nitrogens with one attached hydrogen (secondary N) is 2. The molecule has 2 aromatic heterocycles. The Kier molecular flexibility index (Phi) is 8.84. The van der Waals surface area contributed by atoms with Crippen LogP contribution in [0.2, 0.25) is 5.02 Å². The van der Waals surface area contributed by atoms with Gasteiger partial charge in [-0.25, -0.2) is 0 Å². The maximum atomic E-state index is 11.2. The van der Waals surface area contributed by atoms with Crippen molar-refractivity contribution < 1.29 is 14.3 Å². The molecule has 200 valence electrons. The van der Waals surface area contributed by atoms with E-state index in [2.05, 4.69) is 35.5 Å². The lowest BCUT2D eigenvalue weighted by molar-refractivity contribution is -0.105. The first kappa shape index (κ1) is 27.7. The number of carbonyl (C=O) groups is 1. The Morgan fingerprint density at radius 1 is 1.10 bits per heavy atom. The van der Waals surface area contributed by atoms with Crippen LogP contribution in [0.15, 0.2) is 48.7 Å². The van der Waals surface area contributed by atoms with Gasteiger partial charge in [0.05, 0.1) is 39.8 Å². The standard InChI is InChI=1S/C30H30ClN5O3/c1-5-24-22(14-32)30(21-12-27(34-17-37)29(38-6-2)13-26(21)36-24)35-20-8-10-28(23(31)11-20)39-16-19-7-9-25(18(3)4)33-15-19/h7-13,15,17-18H,5-6,16H2,1-4H3,(H,34,37)(H,35,36). The SMILES string of the molecule is CCOc1cc2nc(CC)c(C#N)c(Nc3ccc(OCc4ccc(C(C)C)nc4)c(Cl)c3)c2cc1NC=O. The van der Waals surface area contributed by atoms with Crippen molar-refractivity contribution >= 4 is 46.0 Å². The highest BCUT2D eigenvalue weighted by molar-refractivity contribution is 6.32. The number of amides is 1. The molecule has 2 aromatic carbocycles. The molecule has 8 nitrogen and oxygen atoms in total. The molecule has 9 heteroatoms. The van der Waals surface area contributed by atoms with Crippen molar-refractivity contribution in [2.24, 2.45) is 0 Å². The molecule has 0 aliphatic heterocycles. The Morgan fingerprint density at radius 2 is 1.92 bits per heavy atom. The van der Waals surface area contributed by atoms with Gasteiger partial charge in [-0.05, 0) is 49.6 Å². The van der Waals surface area contributed by atoms with Crippen molar-refractivity contribution in [3.8, 4) is 17.6 Å². The van der Waals surface area contributed by atoms with Gasteiger partial charge in [-0.3, -0.25) is 14.8 Å². The van der Waals surface area contributed by atoms with Gasteiger partial charge in [0.15, 0.2) is 0 Å². The normalized spacial score (nSPS) is 10.8. The first-order valence-electron chi connectivity index (χ1n) is 12.8. The lowest BCUT2D eigenvalue weighted by atomic mass is 10.0. The van der Waals surface area contributed by atoms with E-state index in [1.807, 2.05) is 38.2 Å². The molecule has 0 spiro atoms. The van der Waals surface area contributed by atoms with E-state index in [9.17, 15) is 10.1 Å². The Morgan fingerprint density at radius 3 is 2.54 bits per heavy atom. The number of anilines is 3. The van der Waals surface area contributed by atoms with Crippen LogP contribution in [0.4, 0.5) is 17.1 Å². The number of rotatable bonds is 11. The summed E-state index contributed by atoms with van der Waals surface area (Å²) in [5.41, 5.74) is 5.39. The molecule has 0 atom stereocenters. The van der Waals surface area contributed by atoms with Crippen LogP contribution >= 0.6 is 11.6 Å². The summed E-state index contributed by atoms with van der Waals surface area (Å²) in [7, 11) is 0. The molecule has 0 bridgehead atoms. The highest BCUT2D eigenvalue weighted by Crippen LogP contribution is 2.38. The maximum Gasteiger partial charge on any atom is 0.211 e. The van der Waals surface area contributed by atoms with E-state index in [1.165, 1.54) is 0 Å². The number of benzene rings is 2. The van der Waals surface area contributed by atoms with Gasteiger partial charge in [0, 0.05) is 34.6 Å². The van der Waals surface area contributed by atoms with Crippen molar-refractivity contribution in [3.63, 3.8) is 0 Å². The summed E-state index contributed by atoms with van der Waals surface area (Å²) in [5.74, 6) is 1.39. The molecule has 0 radical (unpaired) electrons.